The van der Waals surface area contributed by atoms with E-state index in [1.165, 1.54) is 14.2 Å². The van der Waals surface area contributed by atoms with Crippen LogP contribution < -0.4 is 14.2 Å². The molecule has 78 valence electrons. The topological polar surface area (TPSA) is 27.7 Å². The van der Waals surface area contributed by atoms with Crippen molar-refractivity contribution in [3.63, 3.8) is 0 Å². The number of ether oxygens (including phenoxy) is 3. The van der Waals surface area contributed by atoms with Crippen molar-refractivity contribution in [1.29, 1.82) is 0 Å². The summed E-state index contributed by atoms with van der Waals surface area (Å²) in [6.07, 6.45) is 0. The summed E-state index contributed by atoms with van der Waals surface area (Å²) >= 11 is 2.03. The molecule has 0 aliphatic rings. The Bertz CT molecular complexity index is 317. The molecule has 0 N–H and O–H groups in total. The fraction of sp³-hybridized carbons (Fsp3) is 0.333. The Labute approximate surface area is 95.3 Å². The van der Waals surface area contributed by atoms with Gasteiger partial charge in [0, 0.05) is 12.1 Å². The van der Waals surface area contributed by atoms with Crippen LogP contribution in [-0.2, 0) is 0 Å². The number of hydrogen-bond donors (Lipinski definition) is 0. The quantitative estimate of drug-likeness (QED) is 0.800. The van der Waals surface area contributed by atoms with Crippen molar-refractivity contribution in [1.82, 2.24) is 0 Å². The van der Waals surface area contributed by atoms with E-state index >= 15 is 0 Å². The van der Waals surface area contributed by atoms with Crippen molar-refractivity contribution in [3.05, 3.63) is 15.7 Å². The molecule has 1 aromatic carbocycles. The highest BCUT2D eigenvalue weighted by Gasteiger charge is 2.10. The zero-order valence-electron chi connectivity index (χ0n) is 7.84. The molecule has 0 bridgehead atoms. The predicted molar refractivity (Wildman–Crippen MR) is 58.9 cm³/mol. The Morgan fingerprint density at radius 1 is 1.21 bits per heavy atom. The van der Waals surface area contributed by atoms with Gasteiger partial charge in [0.25, 0.3) is 0 Å². The van der Waals surface area contributed by atoms with Crippen LogP contribution in [0.4, 0.5) is 4.39 Å². The molecule has 1 rings (SSSR count). The number of rotatable bonds is 4. The highest BCUT2D eigenvalue weighted by Crippen LogP contribution is 2.34. The summed E-state index contributed by atoms with van der Waals surface area (Å²) < 4.78 is 27.6. The van der Waals surface area contributed by atoms with Gasteiger partial charge in [-0.3, -0.25) is 0 Å². The summed E-state index contributed by atoms with van der Waals surface area (Å²) in [5, 5.41) is 0. The molecule has 0 aliphatic carbocycles. The van der Waals surface area contributed by atoms with Gasteiger partial charge in [0.2, 0.25) is 6.86 Å². The van der Waals surface area contributed by atoms with Crippen LogP contribution in [0.2, 0.25) is 0 Å². The molecule has 0 saturated carbocycles. The summed E-state index contributed by atoms with van der Waals surface area (Å²) in [6, 6.07) is 3.33. The lowest BCUT2D eigenvalue weighted by Gasteiger charge is -2.10. The maximum Gasteiger partial charge on any atom is 0.228 e. The molecule has 0 saturated heterocycles. The van der Waals surface area contributed by atoms with Gasteiger partial charge in [0.15, 0.2) is 0 Å². The van der Waals surface area contributed by atoms with E-state index < -0.39 is 6.86 Å². The molecule has 0 atom stereocenters. The molecule has 1 aromatic rings. The van der Waals surface area contributed by atoms with Crippen molar-refractivity contribution in [2.45, 2.75) is 0 Å². The largest absolute Gasteiger partial charge is 0.496 e. The van der Waals surface area contributed by atoms with Crippen molar-refractivity contribution in [2.75, 3.05) is 21.1 Å². The van der Waals surface area contributed by atoms with Crippen LogP contribution in [0.25, 0.3) is 0 Å². The van der Waals surface area contributed by atoms with Crippen molar-refractivity contribution >= 4 is 22.6 Å². The average molecular weight is 312 g/mol. The first-order chi connectivity index (χ1) is 6.72. The molecule has 0 aromatic heterocycles. The lowest BCUT2D eigenvalue weighted by atomic mass is 10.3. The smallest absolute Gasteiger partial charge is 0.228 e. The summed E-state index contributed by atoms with van der Waals surface area (Å²) in [5.41, 5.74) is 0. The Morgan fingerprint density at radius 2 is 1.86 bits per heavy atom. The second kappa shape index (κ2) is 5.23. The second-order valence-electron chi connectivity index (χ2n) is 2.40. The summed E-state index contributed by atoms with van der Waals surface area (Å²) in [7, 11) is 3.07. The zero-order chi connectivity index (χ0) is 10.6. The fourth-order valence-corrected chi connectivity index (χ4v) is 1.67. The monoisotopic (exact) mass is 312 g/mol. The predicted octanol–water partition coefficient (Wildman–Crippen LogP) is 2.61. The van der Waals surface area contributed by atoms with Crippen LogP contribution >= 0.6 is 22.6 Å². The molecule has 5 heteroatoms. The Balaban J connectivity index is 3.12. The van der Waals surface area contributed by atoms with Gasteiger partial charge in [0.1, 0.15) is 17.2 Å². The first-order valence-corrected chi connectivity index (χ1v) is 4.91. The van der Waals surface area contributed by atoms with Gasteiger partial charge in [0.05, 0.1) is 17.8 Å². The first-order valence-electron chi connectivity index (χ1n) is 3.83. The van der Waals surface area contributed by atoms with E-state index in [-0.39, 0.29) is 0 Å². The summed E-state index contributed by atoms with van der Waals surface area (Å²) in [5.74, 6) is 1.60. The third-order valence-corrected chi connectivity index (χ3v) is 2.71. The SMILES string of the molecule is COc1cc(OC)c(I)c(OCF)c1. The highest BCUT2D eigenvalue weighted by atomic mass is 127. The van der Waals surface area contributed by atoms with E-state index in [1.54, 1.807) is 12.1 Å². The molecule has 0 fully saturated rings. The minimum absolute atomic E-state index is 0.421. The minimum Gasteiger partial charge on any atom is -0.496 e. The molecule has 14 heavy (non-hydrogen) atoms. The van der Waals surface area contributed by atoms with Crippen molar-refractivity contribution in [3.8, 4) is 17.2 Å². The van der Waals surface area contributed by atoms with Crippen LogP contribution in [0, 0.1) is 3.57 Å². The number of hydrogen-bond acceptors (Lipinski definition) is 3. The maximum atomic E-state index is 12.0. The summed E-state index contributed by atoms with van der Waals surface area (Å²) in [6.45, 7) is -0.869. The van der Waals surface area contributed by atoms with Gasteiger partial charge in [-0.1, -0.05) is 0 Å². The average Bonchev–Trinajstić information content (AvgIpc) is 2.21. The fourth-order valence-electron chi connectivity index (χ4n) is 0.978. The molecule has 0 aliphatic heterocycles. The first kappa shape index (κ1) is 11.4. The van der Waals surface area contributed by atoms with E-state index in [2.05, 4.69) is 0 Å². The van der Waals surface area contributed by atoms with Gasteiger partial charge in [-0.05, 0) is 22.6 Å². The van der Waals surface area contributed by atoms with Crippen LogP contribution in [0.5, 0.6) is 17.2 Å². The number of alkyl halides is 1. The van der Waals surface area contributed by atoms with Crippen LogP contribution in [-0.4, -0.2) is 21.1 Å². The van der Waals surface area contributed by atoms with Gasteiger partial charge < -0.3 is 14.2 Å². The lowest BCUT2D eigenvalue weighted by Crippen LogP contribution is -1.97. The molecule has 3 nitrogen and oxygen atoms in total. The molecule has 0 unspecified atom stereocenters. The Kier molecular flexibility index (Phi) is 4.24. The van der Waals surface area contributed by atoms with E-state index in [9.17, 15) is 4.39 Å². The van der Waals surface area contributed by atoms with Gasteiger partial charge >= 0.3 is 0 Å². The normalized spacial score (nSPS) is 9.71. The summed E-state index contributed by atoms with van der Waals surface area (Å²) in [4.78, 5) is 0. The third kappa shape index (κ3) is 2.40. The molecule has 0 amide bonds. The number of benzene rings is 1. The van der Waals surface area contributed by atoms with Crippen molar-refractivity contribution in [2.24, 2.45) is 0 Å². The van der Waals surface area contributed by atoms with E-state index in [0.717, 1.165) is 3.57 Å². The van der Waals surface area contributed by atoms with E-state index in [1.807, 2.05) is 22.6 Å². The van der Waals surface area contributed by atoms with Gasteiger partial charge in [-0.15, -0.1) is 0 Å². The maximum absolute atomic E-state index is 12.0. The standard InChI is InChI=1S/C9H10FIO3/c1-12-6-3-7(13-2)9(11)8(4-6)14-5-10/h3-4H,5H2,1-2H3. The Morgan fingerprint density at radius 3 is 2.36 bits per heavy atom. The zero-order valence-corrected chi connectivity index (χ0v) is 10.00. The van der Waals surface area contributed by atoms with Crippen molar-refractivity contribution < 1.29 is 18.6 Å². The highest BCUT2D eigenvalue weighted by molar-refractivity contribution is 14.1. The van der Waals surface area contributed by atoms with Crippen LogP contribution in [0.3, 0.4) is 0 Å². The van der Waals surface area contributed by atoms with Gasteiger partial charge in [-0.2, -0.15) is 0 Å². The number of methoxy groups -OCH3 is 2. The second-order valence-corrected chi connectivity index (χ2v) is 3.47. The van der Waals surface area contributed by atoms with E-state index in [4.69, 9.17) is 14.2 Å². The molecule has 0 spiro atoms. The number of halogens is 2. The molecule has 0 radical (unpaired) electrons. The lowest BCUT2D eigenvalue weighted by molar-refractivity contribution is 0.189. The molecule has 0 heterocycles. The third-order valence-electron chi connectivity index (χ3n) is 1.65. The molecular weight excluding hydrogens is 302 g/mol. The van der Waals surface area contributed by atoms with E-state index in [0.29, 0.717) is 17.2 Å². The van der Waals surface area contributed by atoms with Crippen LogP contribution in [0.15, 0.2) is 12.1 Å². The minimum atomic E-state index is -0.869. The van der Waals surface area contributed by atoms with Crippen LogP contribution in [0.1, 0.15) is 0 Å². The Hall–Kier alpha value is -0.720. The molecular formula is C9H10FIO3. The van der Waals surface area contributed by atoms with Gasteiger partial charge in [-0.25, -0.2) is 4.39 Å².